The van der Waals surface area contributed by atoms with E-state index in [0.29, 0.717) is 28.6 Å². The SMILES string of the molecule is Cc1ccc(NC(=O)CCC(=O)OCC(=O)Nc2ccc(C(=O)OCC(C)C)cc2)cc1Cl. The second-order valence-corrected chi connectivity index (χ2v) is 8.20. The molecule has 2 rings (SSSR count). The van der Waals surface area contributed by atoms with Gasteiger partial charge < -0.3 is 20.1 Å². The number of esters is 2. The molecule has 0 unspecified atom stereocenters. The molecular formula is C24H27ClN2O6. The van der Waals surface area contributed by atoms with Crippen molar-refractivity contribution < 1.29 is 28.7 Å². The highest BCUT2D eigenvalue weighted by Gasteiger charge is 2.12. The first-order chi connectivity index (χ1) is 15.6. The molecule has 0 fully saturated rings. The van der Waals surface area contributed by atoms with E-state index >= 15 is 0 Å². The molecule has 0 aliphatic heterocycles. The molecule has 176 valence electrons. The minimum Gasteiger partial charge on any atom is -0.462 e. The molecule has 0 saturated carbocycles. The normalized spacial score (nSPS) is 10.5. The van der Waals surface area contributed by atoms with E-state index in [1.54, 1.807) is 30.3 Å². The number of carbonyl (C=O) groups is 4. The van der Waals surface area contributed by atoms with E-state index in [-0.39, 0.29) is 24.7 Å². The molecule has 33 heavy (non-hydrogen) atoms. The predicted molar refractivity (Wildman–Crippen MR) is 125 cm³/mol. The Bertz CT molecular complexity index is 1000. The minimum absolute atomic E-state index is 0.0969. The average Bonchev–Trinajstić information content (AvgIpc) is 2.77. The van der Waals surface area contributed by atoms with Crippen LogP contribution in [-0.4, -0.2) is 37.0 Å². The van der Waals surface area contributed by atoms with Crippen molar-refractivity contribution in [2.45, 2.75) is 33.6 Å². The monoisotopic (exact) mass is 474 g/mol. The quantitative estimate of drug-likeness (QED) is 0.495. The van der Waals surface area contributed by atoms with Gasteiger partial charge in [-0.3, -0.25) is 14.4 Å². The van der Waals surface area contributed by atoms with Crippen LogP contribution in [0.15, 0.2) is 42.5 Å². The Balaban J connectivity index is 1.70. The number of rotatable bonds is 10. The summed E-state index contributed by atoms with van der Waals surface area (Å²) in [6, 6.07) is 11.3. The molecule has 8 nitrogen and oxygen atoms in total. The Morgan fingerprint density at radius 3 is 2.15 bits per heavy atom. The first-order valence-corrected chi connectivity index (χ1v) is 10.8. The lowest BCUT2D eigenvalue weighted by molar-refractivity contribution is -0.147. The van der Waals surface area contributed by atoms with Gasteiger partial charge in [0.1, 0.15) is 0 Å². The Labute approximate surface area is 197 Å². The number of carbonyl (C=O) groups excluding carboxylic acids is 4. The van der Waals surface area contributed by atoms with E-state index in [4.69, 9.17) is 21.1 Å². The molecule has 0 aromatic heterocycles. The van der Waals surface area contributed by atoms with Crippen LogP contribution in [0, 0.1) is 12.8 Å². The maximum Gasteiger partial charge on any atom is 0.338 e. The van der Waals surface area contributed by atoms with Crippen LogP contribution in [0.3, 0.4) is 0 Å². The first kappa shape index (κ1) is 25.9. The Kier molecular flexibility index (Phi) is 9.87. The van der Waals surface area contributed by atoms with Crippen molar-refractivity contribution in [3.63, 3.8) is 0 Å². The third-order valence-corrected chi connectivity index (χ3v) is 4.74. The molecule has 0 aliphatic carbocycles. The molecule has 0 heterocycles. The standard InChI is InChI=1S/C24H27ClN2O6/c1-15(2)13-33-24(31)17-5-8-18(9-6-17)26-22(29)14-32-23(30)11-10-21(28)27-19-7-4-16(3)20(25)12-19/h4-9,12,15H,10-11,13-14H2,1-3H3,(H,26,29)(H,27,28). The van der Waals surface area contributed by atoms with Crippen molar-refractivity contribution in [3.05, 3.63) is 58.6 Å². The highest BCUT2D eigenvalue weighted by Crippen LogP contribution is 2.20. The van der Waals surface area contributed by atoms with Crippen LogP contribution >= 0.6 is 11.6 Å². The van der Waals surface area contributed by atoms with E-state index in [1.807, 2.05) is 20.8 Å². The number of benzene rings is 2. The maximum atomic E-state index is 12.0. The molecule has 2 amide bonds. The molecule has 2 aromatic rings. The lowest BCUT2D eigenvalue weighted by Crippen LogP contribution is -2.21. The van der Waals surface area contributed by atoms with Gasteiger partial charge in [-0.15, -0.1) is 0 Å². The van der Waals surface area contributed by atoms with Gasteiger partial charge in [-0.05, 0) is 54.8 Å². The van der Waals surface area contributed by atoms with Gasteiger partial charge in [0.25, 0.3) is 5.91 Å². The molecule has 0 atom stereocenters. The minimum atomic E-state index is -0.675. The summed E-state index contributed by atoms with van der Waals surface area (Å²) in [5.41, 5.74) is 2.22. The molecule has 0 aliphatic rings. The zero-order valence-electron chi connectivity index (χ0n) is 18.8. The van der Waals surface area contributed by atoms with Crippen molar-refractivity contribution in [3.8, 4) is 0 Å². The van der Waals surface area contributed by atoms with Crippen LogP contribution in [0.4, 0.5) is 11.4 Å². The Morgan fingerprint density at radius 2 is 1.52 bits per heavy atom. The molecule has 2 aromatic carbocycles. The summed E-state index contributed by atoms with van der Waals surface area (Å²) < 4.78 is 10.0. The molecule has 0 saturated heterocycles. The molecule has 2 N–H and O–H groups in total. The van der Waals surface area contributed by atoms with Crippen LogP contribution < -0.4 is 10.6 Å². The largest absolute Gasteiger partial charge is 0.462 e. The highest BCUT2D eigenvalue weighted by molar-refractivity contribution is 6.31. The van der Waals surface area contributed by atoms with Crippen molar-refractivity contribution in [2.24, 2.45) is 5.92 Å². The van der Waals surface area contributed by atoms with Gasteiger partial charge in [0.15, 0.2) is 6.61 Å². The third kappa shape index (κ3) is 9.33. The van der Waals surface area contributed by atoms with E-state index in [1.165, 1.54) is 12.1 Å². The topological polar surface area (TPSA) is 111 Å². The van der Waals surface area contributed by atoms with Crippen LogP contribution in [0.5, 0.6) is 0 Å². The number of ether oxygens (including phenoxy) is 2. The number of aryl methyl sites for hydroxylation is 1. The summed E-state index contributed by atoms with van der Waals surface area (Å²) >= 11 is 6.01. The van der Waals surface area contributed by atoms with Crippen molar-refractivity contribution in [1.82, 2.24) is 0 Å². The van der Waals surface area contributed by atoms with Gasteiger partial charge in [-0.2, -0.15) is 0 Å². The van der Waals surface area contributed by atoms with Gasteiger partial charge in [-0.1, -0.05) is 31.5 Å². The van der Waals surface area contributed by atoms with Gasteiger partial charge in [0.05, 0.1) is 18.6 Å². The first-order valence-electron chi connectivity index (χ1n) is 10.4. The van der Waals surface area contributed by atoms with Gasteiger partial charge in [-0.25, -0.2) is 4.79 Å². The van der Waals surface area contributed by atoms with E-state index in [9.17, 15) is 19.2 Å². The summed E-state index contributed by atoms with van der Waals surface area (Å²) in [6.07, 6.45) is -0.272. The second-order valence-electron chi connectivity index (χ2n) is 7.79. The maximum absolute atomic E-state index is 12.0. The zero-order valence-corrected chi connectivity index (χ0v) is 19.5. The van der Waals surface area contributed by atoms with E-state index in [0.717, 1.165) is 5.56 Å². The number of nitrogens with one attached hydrogen (secondary N) is 2. The summed E-state index contributed by atoms with van der Waals surface area (Å²) in [5, 5.41) is 5.73. The number of halogens is 1. The van der Waals surface area contributed by atoms with Crippen LogP contribution in [0.25, 0.3) is 0 Å². The summed E-state index contributed by atoms with van der Waals surface area (Å²) in [4.78, 5) is 47.7. The van der Waals surface area contributed by atoms with Gasteiger partial charge >= 0.3 is 11.9 Å². The number of anilines is 2. The summed E-state index contributed by atoms with van der Waals surface area (Å²) in [5.74, 6) is -1.80. The Morgan fingerprint density at radius 1 is 0.879 bits per heavy atom. The van der Waals surface area contributed by atoms with Gasteiger partial charge in [0.2, 0.25) is 5.91 Å². The van der Waals surface area contributed by atoms with Crippen LogP contribution in [0.2, 0.25) is 5.02 Å². The number of hydrogen-bond donors (Lipinski definition) is 2. The lowest BCUT2D eigenvalue weighted by atomic mass is 10.2. The Hall–Kier alpha value is -3.39. The molecule has 0 bridgehead atoms. The summed E-state index contributed by atoms with van der Waals surface area (Å²) in [7, 11) is 0. The van der Waals surface area contributed by atoms with E-state index in [2.05, 4.69) is 10.6 Å². The smallest absolute Gasteiger partial charge is 0.338 e. The van der Waals surface area contributed by atoms with E-state index < -0.39 is 24.5 Å². The van der Waals surface area contributed by atoms with Crippen LogP contribution in [0.1, 0.15) is 42.6 Å². The zero-order chi connectivity index (χ0) is 24.4. The average molecular weight is 475 g/mol. The highest BCUT2D eigenvalue weighted by atomic mass is 35.5. The second kappa shape index (κ2) is 12.6. The van der Waals surface area contributed by atoms with Crippen LogP contribution in [-0.2, 0) is 23.9 Å². The summed E-state index contributed by atoms with van der Waals surface area (Å²) in [6.45, 7) is 5.56. The predicted octanol–water partition coefficient (Wildman–Crippen LogP) is 4.36. The lowest BCUT2D eigenvalue weighted by Gasteiger charge is -2.09. The van der Waals surface area contributed by atoms with Crippen molar-refractivity contribution >= 4 is 46.7 Å². The van der Waals surface area contributed by atoms with Crippen molar-refractivity contribution in [2.75, 3.05) is 23.8 Å². The fourth-order valence-corrected chi connectivity index (χ4v) is 2.72. The number of hydrogen-bond acceptors (Lipinski definition) is 6. The van der Waals surface area contributed by atoms with Crippen molar-refractivity contribution in [1.29, 1.82) is 0 Å². The van der Waals surface area contributed by atoms with Gasteiger partial charge in [0, 0.05) is 22.8 Å². The molecule has 0 radical (unpaired) electrons. The molecule has 9 heteroatoms. The molecule has 0 spiro atoms. The fourth-order valence-electron chi connectivity index (χ4n) is 2.54. The molecular weight excluding hydrogens is 448 g/mol. The fraction of sp³-hybridized carbons (Fsp3) is 0.333. The number of amides is 2. The third-order valence-electron chi connectivity index (χ3n) is 4.33.